The summed E-state index contributed by atoms with van der Waals surface area (Å²) in [6, 6.07) is 9.63. The zero-order chi connectivity index (χ0) is 21.6. The number of ether oxygens (including phenoxy) is 1. The molecule has 1 aliphatic carbocycles. The highest BCUT2D eigenvalue weighted by Crippen LogP contribution is 2.45. The number of rotatable bonds is 5. The van der Waals surface area contributed by atoms with Crippen molar-refractivity contribution >= 4 is 38.7 Å². The van der Waals surface area contributed by atoms with Gasteiger partial charge in [0.15, 0.2) is 11.6 Å². The molecule has 5 nitrogen and oxygen atoms in total. The summed E-state index contributed by atoms with van der Waals surface area (Å²) < 4.78 is 22.0. The van der Waals surface area contributed by atoms with Gasteiger partial charge in [-0.25, -0.2) is 4.39 Å². The molecule has 0 bridgehead atoms. The standard InChI is InChI=1S/C23H21BrFNO4/c1-12-20(21(23(28)29)13-4-3-5-13)16-10-19(30-2)17(25)11-18(16)26(12)22(27)14-6-8-15(24)9-7-14/h6-11,13,21H,3-5H2,1-2H3,(H,28,29). The SMILES string of the molecule is COc1cc2c(C(C(=O)O)C3CCC3)c(C)n(C(=O)c3ccc(Br)cc3)c2cc1F. The maximum atomic E-state index is 14.6. The molecule has 0 aliphatic heterocycles. The number of carboxylic acid groups (broad SMARTS) is 1. The van der Waals surface area contributed by atoms with Gasteiger partial charge in [0.05, 0.1) is 18.5 Å². The molecule has 1 saturated carbocycles. The molecule has 1 heterocycles. The van der Waals surface area contributed by atoms with Gasteiger partial charge < -0.3 is 9.84 Å². The average Bonchev–Trinajstić information content (AvgIpc) is 2.94. The molecule has 0 radical (unpaired) electrons. The van der Waals surface area contributed by atoms with Crippen LogP contribution in [0.4, 0.5) is 4.39 Å². The number of halogens is 2. The van der Waals surface area contributed by atoms with Crippen molar-refractivity contribution in [2.45, 2.75) is 32.1 Å². The first-order valence-electron chi connectivity index (χ1n) is 9.75. The second-order valence-electron chi connectivity index (χ2n) is 7.66. The van der Waals surface area contributed by atoms with Crippen molar-refractivity contribution in [3.05, 3.63) is 63.5 Å². The molecule has 0 amide bonds. The summed E-state index contributed by atoms with van der Waals surface area (Å²) in [4.78, 5) is 25.6. The number of nitrogens with zero attached hydrogens (tertiary/aromatic N) is 1. The van der Waals surface area contributed by atoms with Crippen LogP contribution in [0.3, 0.4) is 0 Å². The summed E-state index contributed by atoms with van der Waals surface area (Å²) in [5.74, 6) is -2.60. The first-order chi connectivity index (χ1) is 14.3. The number of carboxylic acids is 1. The van der Waals surface area contributed by atoms with Gasteiger partial charge in [-0.2, -0.15) is 0 Å². The van der Waals surface area contributed by atoms with Crippen LogP contribution < -0.4 is 4.74 Å². The molecule has 1 unspecified atom stereocenters. The number of hydrogen-bond acceptors (Lipinski definition) is 3. The summed E-state index contributed by atoms with van der Waals surface area (Å²) in [6.45, 7) is 1.73. The minimum atomic E-state index is -0.929. The molecular formula is C23H21BrFNO4. The Balaban J connectivity index is 1.99. The van der Waals surface area contributed by atoms with Crippen molar-refractivity contribution in [3.8, 4) is 5.75 Å². The van der Waals surface area contributed by atoms with Crippen molar-refractivity contribution in [3.63, 3.8) is 0 Å². The van der Waals surface area contributed by atoms with Gasteiger partial charge in [0.25, 0.3) is 5.91 Å². The zero-order valence-corrected chi connectivity index (χ0v) is 18.2. The van der Waals surface area contributed by atoms with Crippen LogP contribution in [0.1, 0.15) is 46.8 Å². The van der Waals surface area contributed by atoms with Gasteiger partial charge >= 0.3 is 5.97 Å². The van der Waals surface area contributed by atoms with E-state index in [4.69, 9.17) is 4.74 Å². The highest BCUT2D eigenvalue weighted by atomic mass is 79.9. The van der Waals surface area contributed by atoms with Crippen LogP contribution in [0.5, 0.6) is 5.75 Å². The minimum Gasteiger partial charge on any atom is -0.494 e. The average molecular weight is 474 g/mol. The molecule has 7 heteroatoms. The number of aliphatic carboxylic acids is 1. The van der Waals surface area contributed by atoms with E-state index < -0.39 is 17.7 Å². The monoisotopic (exact) mass is 473 g/mol. The molecule has 1 atom stereocenters. The molecule has 0 spiro atoms. The zero-order valence-electron chi connectivity index (χ0n) is 16.6. The maximum Gasteiger partial charge on any atom is 0.311 e. The molecular weight excluding hydrogens is 453 g/mol. The predicted molar refractivity (Wildman–Crippen MR) is 115 cm³/mol. The first-order valence-corrected chi connectivity index (χ1v) is 10.5. The quantitative estimate of drug-likeness (QED) is 0.529. The number of carbonyl (C=O) groups is 2. The topological polar surface area (TPSA) is 68.5 Å². The van der Waals surface area contributed by atoms with Gasteiger partial charge in [0, 0.05) is 27.2 Å². The van der Waals surface area contributed by atoms with E-state index in [0.717, 1.165) is 23.7 Å². The van der Waals surface area contributed by atoms with Crippen LogP contribution in [0.25, 0.3) is 10.9 Å². The fourth-order valence-electron chi connectivity index (χ4n) is 4.31. The third kappa shape index (κ3) is 3.31. The number of fused-ring (bicyclic) bond motifs is 1. The Morgan fingerprint density at radius 2 is 1.90 bits per heavy atom. The molecule has 30 heavy (non-hydrogen) atoms. The van der Waals surface area contributed by atoms with Crippen molar-refractivity contribution in [1.29, 1.82) is 0 Å². The summed E-state index contributed by atoms with van der Waals surface area (Å²) in [5, 5.41) is 10.6. The van der Waals surface area contributed by atoms with E-state index in [2.05, 4.69) is 15.9 Å². The Kier molecular flexibility index (Phi) is 5.40. The van der Waals surface area contributed by atoms with Gasteiger partial charge in [-0.1, -0.05) is 22.4 Å². The van der Waals surface area contributed by atoms with Crippen LogP contribution in [-0.2, 0) is 4.79 Å². The van der Waals surface area contributed by atoms with Gasteiger partial charge in [-0.3, -0.25) is 14.2 Å². The predicted octanol–water partition coefficient (Wildman–Crippen LogP) is 5.52. The van der Waals surface area contributed by atoms with Crippen molar-refractivity contribution in [1.82, 2.24) is 4.57 Å². The van der Waals surface area contributed by atoms with E-state index in [1.807, 2.05) is 0 Å². The lowest BCUT2D eigenvalue weighted by atomic mass is 9.72. The van der Waals surface area contributed by atoms with Gasteiger partial charge in [0.2, 0.25) is 0 Å². The van der Waals surface area contributed by atoms with Crippen molar-refractivity contribution in [2.75, 3.05) is 7.11 Å². The van der Waals surface area contributed by atoms with Crippen LogP contribution in [0.15, 0.2) is 40.9 Å². The molecule has 2 aromatic carbocycles. The summed E-state index contributed by atoms with van der Waals surface area (Å²) in [7, 11) is 1.36. The summed E-state index contributed by atoms with van der Waals surface area (Å²) in [5.41, 5.74) is 1.85. The third-order valence-corrected chi connectivity index (χ3v) is 6.55. The maximum absolute atomic E-state index is 14.6. The van der Waals surface area contributed by atoms with E-state index in [-0.39, 0.29) is 17.6 Å². The fourth-order valence-corrected chi connectivity index (χ4v) is 4.57. The van der Waals surface area contributed by atoms with Crippen LogP contribution >= 0.6 is 15.9 Å². The lowest BCUT2D eigenvalue weighted by Gasteiger charge is -2.31. The Bertz CT molecular complexity index is 1150. The molecule has 1 fully saturated rings. The highest BCUT2D eigenvalue weighted by Gasteiger charge is 2.38. The number of carbonyl (C=O) groups excluding carboxylic acids is 1. The summed E-state index contributed by atoms with van der Waals surface area (Å²) >= 11 is 3.35. The van der Waals surface area contributed by atoms with E-state index >= 15 is 0 Å². The Labute approximate surface area is 181 Å². The lowest BCUT2D eigenvalue weighted by Crippen LogP contribution is -2.27. The number of aromatic nitrogens is 1. The van der Waals surface area contributed by atoms with E-state index in [0.29, 0.717) is 27.7 Å². The molecule has 156 valence electrons. The largest absolute Gasteiger partial charge is 0.494 e. The van der Waals surface area contributed by atoms with E-state index in [9.17, 15) is 19.1 Å². The Morgan fingerprint density at radius 1 is 1.23 bits per heavy atom. The lowest BCUT2D eigenvalue weighted by molar-refractivity contribution is -0.141. The van der Waals surface area contributed by atoms with Gasteiger partial charge in [0.1, 0.15) is 0 Å². The van der Waals surface area contributed by atoms with E-state index in [1.165, 1.54) is 23.8 Å². The van der Waals surface area contributed by atoms with E-state index in [1.54, 1.807) is 31.2 Å². The smallest absolute Gasteiger partial charge is 0.311 e. The Hall–Kier alpha value is -2.67. The molecule has 0 saturated heterocycles. The molecule has 1 aliphatic rings. The highest BCUT2D eigenvalue weighted by molar-refractivity contribution is 9.10. The molecule has 4 rings (SSSR count). The summed E-state index contributed by atoms with van der Waals surface area (Å²) in [6.07, 6.45) is 2.63. The second kappa shape index (κ2) is 7.87. The number of hydrogen-bond donors (Lipinski definition) is 1. The molecule has 1 N–H and O–H groups in total. The van der Waals surface area contributed by atoms with Crippen LogP contribution in [-0.4, -0.2) is 28.7 Å². The second-order valence-corrected chi connectivity index (χ2v) is 8.57. The molecule has 1 aromatic heterocycles. The Morgan fingerprint density at radius 3 is 2.43 bits per heavy atom. The molecule has 3 aromatic rings. The van der Waals surface area contributed by atoms with Gasteiger partial charge in [-0.05, 0) is 61.6 Å². The first kappa shape index (κ1) is 20.6. The van der Waals surface area contributed by atoms with Crippen LogP contribution in [0, 0.1) is 18.7 Å². The normalized spacial score (nSPS) is 15.1. The fraction of sp³-hybridized carbons (Fsp3) is 0.304. The van der Waals surface area contributed by atoms with Crippen molar-refractivity contribution < 1.29 is 23.8 Å². The van der Waals surface area contributed by atoms with Crippen LogP contribution in [0.2, 0.25) is 0 Å². The minimum absolute atomic E-state index is 0.000851. The number of methoxy groups -OCH3 is 1. The van der Waals surface area contributed by atoms with Gasteiger partial charge in [-0.15, -0.1) is 0 Å². The third-order valence-electron chi connectivity index (χ3n) is 6.02. The number of benzene rings is 2. The van der Waals surface area contributed by atoms with Crippen molar-refractivity contribution in [2.24, 2.45) is 5.92 Å².